The Kier molecular flexibility index (Phi) is 2.83. The van der Waals surface area contributed by atoms with Gasteiger partial charge in [0.2, 0.25) is 11.7 Å². The van der Waals surface area contributed by atoms with Crippen LogP contribution in [0.2, 0.25) is 0 Å². The minimum atomic E-state index is 0.633. The molecule has 5 nitrogen and oxygen atoms in total. The lowest BCUT2D eigenvalue weighted by Crippen LogP contribution is -2.19. The molecule has 0 aromatic carbocycles. The van der Waals surface area contributed by atoms with Gasteiger partial charge in [0, 0.05) is 37.0 Å². The number of hydrogen-bond acceptors (Lipinski definition) is 5. The van der Waals surface area contributed by atoms with Crippen molar-refractivity contribution in [2.75, 3.05) is 6.54 Å². The van der Waals surface area contributed by atoms with E-state index in [9.17, 15) is 0 Å². The van der Waals surface area contributed by atoms with Crippen LogP contribution in [0.15, 0.2) is 29.0 Å². The summed E-state index contributed by atoms with van der Waals surface area (Å²) in [5.41, 5.74) is 0.935. The van der Waals surface area contributed by atoms with Gasteiger partial charge in [-0.25, -0.2) is 0 Å². The molecule has 3 rings (SSSR count). The molecular formula is C12H14N4O. The molecule has 0 amide bonds. The Morgan fingerprint density at radius 1 is 1.29 bits per heavy atom. The Morgan fingerprint density at radius 2 is 2.12 bits per heavy atom. The molecule has 0 aliphatic heterocycles. The Morgan fingerprint density at radius 3 is 2.88 bits per heavy atom. The zero-order valence-corrected chi connectivity index (χ0v) is 9.47. The summed E-state index contributed by atoms with van der Waals surface area (Å²) in [6.07, 6.45) is 6.83. The van der Waals surface area contributed by atoms with Crippen molar-refractivity contribution in [1.29, 1.82) is 0 Å². The van der Waals surface area contributed by atoms with Gasteiger partial charge in [0.05, 0.1) is 0 Å². The van der Waals surface area contributed by atoms with Gasteiger partial charge in [-0.3, -0.25) is 4.98 Å². The van der Waals surface area contributed by atoms with Crippen molar-refractivity contribution in [3.05, 3.63) is 30.4 Å². The van der Waals surface area contributed by atoms with Gasteiger partial charge in [-0.1, -0.05) is 5.16 Å². The third-order valence-electron chi connectivity index (χ3n) is 2.76. The van der Waals surface area contributed by atoms with Gasteiger partial charge < -0.3 is 9.84 Å². The Hall–Kier alpha value is -1.75. The van der Waals surface area contributed by atoms with E-state index in [4.69, 9.17) is 4.52 Å². The maximum Gasteiger partial charge on any atom is 0.228 e. The highest BCUT2D eigenvalue weighted by molar-refractivity contribution is 5.52. The van der Waals surface area contributed by atoms with Gasteiger partial charge in [-0.15, -0.1) is 0 Å². The van der Waals surface area contributed by atoms with Crippen LogP contribution in [0.5, 0.6) is 0 Å². The van der Waals surface area contributed by atoms with Crippen molar-refractivity contribution >= 4 is 0 Å². The van der Waals surface area contributed by atoms with Crippen molar-refractivity contribution in [2.45, 2.75) is 25.3 Å². The van der Waals surface area contributed by atoms with Crippen molar-refractivity contribution in [3.8, 4) is 11.4 Å². The predicted octanol–water partition coefficient (Wildman–Crippen LogP) is 1.43. The van der Waals surface area contributed by atoms with Crippen LogP contribution in [0.1, 0.15) is 18.7 Å². The zero-order chi connectivity index (χ0) is 11.5. The number of pyridine rings is 1. The zero-order valence-electron chi connectivity index (χ0n) is 9.47. The van der Waals surface area contributed by atoms with E-state index >= 15 is 0 Å². The quantitative estimate of drug-likeness (QED) is 0.841. The van der Waals surface area contributed by atoms with Crippen LogP contribution in [0, 0.1) is 0 Å². The molecule has 0 atom stereocenters. The molecule has 0 bridgehead atoms. The molecule has 0 unspecified atom stereocenters. The molecule has 0 saturated heterocycles. The highest BCUT2D eigenvalue weighted by Gasteiger charge is 2.20. The summed E-state index contributed by atoms with van der Waals surface area (Å²) in [6.45, 7) is 0.905. The molecule has 2 heterocycles. The Balaban J connectivity index is 1.61. The van der Waals surface area contributed by atoms with Gasteiger partial charge in [0.15, 0.2) is 0 Å². The van der Waals surface area contributed by atoms with Crippen molar-refractivity contribution < 1.29 is 4.52 Å². The van der Waals surface area contributed by atoms with E-state index in [0.717, 1.165) is 24.6 Å². The Bertz CT molecular complexity index is 478. The average molecular weight is 230 g/mol. The fraction of sp³-hybridized carbons (Fsp3) is 0.417. The predicted molar refractivity (Wildman–Crippen MR) is 62.3 cm³/mol. The van der Waals surface area contributed by atoms with E-state index in [1.54, 1.807) is 12.4 Å². The first-order valence-electron chi connectivity index (χ1n) is 5.88. The highest BCUT2D eigenvalue weighted by atomic mass is 16.5. The number of hydrogen-bond donors (Lipinski definition) is 1. The molecule has 5 heteroatoms. The smallest absolute Gasteiger partial charge is 0.228 e. The van der Waals surface area contributed by atoms with Crippen LogP contribution < -0.4 is 5.32 Å². The molecule has 0 spiro atoms. The summed E-state index contributed by atoms with van der Waals surface area (Å²) >= 11 is 0. The fourth-order valence-electron chi connectivity index (χ4n) is 1.65. The molecular weight excluding hydrogens is 216 g/mol. The first kappa shape index (κ1) is 10.4. The second kappa shape index (κ2) is 4.63. The lowest BCUT2D eigenvalue weighted by Gasteiger charge is -1.97. The minimum Gasteiger partial charge on any atom is -0.339 e. The second-order valence-corrected chi connectivity index (χ2v) is 4.23. The monoisotopic (exact) mass is 230 g/mol. The van der Waals surface area contributed by atoms with E-state index in [0.29, 0.717) is 11.7 Å². The lowest BCUT2D eigenvalue weighted by atomic mass is 10.2. The fourth-order valence-corrected chi connectivity index (χ4v) is 1.65. The molecule has 1 aliphatic rings. The Labute approximate surface area is 99.3 Å². The van der Waals surface area contributed by atoms with E-state index in [-0.39, 0.29) is 0 Å². The van der Waals surface area contributed by atoms with Crippen LogP contribution >= 0.6 is 0 Å². The number of nitrogens with one attached hydrogen (secondary N) is 1. The normalized spacial score (nSPS) is 15.1. The second-order valence-electron chi connectivity index (χ2n) is 4.23. The summed E-state index contributed by atoms with van der Waals surface area (Å²) in [5.74, 6) is 1.32. The van der Waals surface area contributed by atoms with Crippen LogP contribution in [0.3, 0.4) is 0 Å². The topological polar surface area (TPSA) is 63.8 Å². The van der Waals surface area contributed by atoms with Crippen LogP contribution in [-0.4, -0.2) is 27.7 Å². The molecule has 17 heavy (non-hydrogen) atoms. The lowest BCUT2D eigenvalue weighted by molar-refractivity contribution is 0.376. The van der Waals surface area contributed by atoms with Gasteiger partial charge >= 0.3 is 0 Å². The third kappa shape index (κ3) is 2.68. The van der Waals surface area contributed by atoms with E-state index < -0.39 is 0 Å². The summed E-state index contributed by atoms with van der Waals surface area (Å²) in [6, 6.07) is 4.46. The van der Waals surface area contributed by atoms with Crippen LogP contribution in [-0.2, 0) is 6.42 Å². The first-order valence-corrected chi connectivity index (χ1v) is 5.88. The molecule has 1 saturated carbocycles. The van der Waals surface area contributed by atoms with Crippen LogP contribution in [0.25, 0.3) is 11.4 Å². The van der Waals surface area contributed by atoms with E-state index in [2.05, 4.69) is 20.4 Å². The summed E-state index contributed by atoms with van der Waals surface area (Å²) < 4.78 is 5.20. The summed E-state index contributed by atoms with van der Waals surface area (Å²) in [7, 11) is 0. The first-order chi connectivity index (χ1) is 8.42. The van der Waals surface area contributed by atoms with Crippen molar-refractivity contribution in [3.63, 3.8) is 0 Å². The van der Waals surface area contributed by atoms with Gasteiger partial charge in [0.1, 0.15) is 0 Å². The van der Waals surface area contributed by atoms with E-state index in [1.165, 1.54) is 12.8 Å². The van der Waals surface area contributed by atoms with Gasteiger partial charge in [-0.2, -0.15) is 4.98 Å². The van der Waals surface area contributed by atoms with Crippen molar-refractivity contribution in [1.82, 2.24) is 20.4 Å². The standard InChI is InChI=1S/C12H14N4O/c1-2-10(1)14-8-5-11-15-12(16-17-11)9-3-6-13-7-4-9/h3-4,6-7,10,14H,1-2,5,8H2. The summed E-state index contributed by atoms with van der Waals surface area (Å²) in [4.78, 5) is 8.31. The molecule has 2 aromatic rings. The van der Waals surface area contributed by atoms with Gasteiger partial charge in [0.25, 0.3) is 0 Å². The van der Waals surface area contributed by atoms with Crippen LogP contribution in [0.4, 0.5) is 0 Å². The average Bonchev–Trinajstić information content (AvgIpc) is 3.07. The maximum absolute atomic E-state index is 5.20. The molecule has 0 radical (unpaired) electrons. The van der Waals surface area contributed by atoms with Crippen molar-refractivity contribution in [2.24, 2.45) is 0 Å². The van der Waals surface area contributed by atoms with Gasteiger partial charge in [-0.05, 0) is 25.0 Å². The highest BCUT2D eigenvalue weighted by Crippen LogP contribution is 2.18. The largest absolute Gasteiger partial charge is 0.339 e. The molecule has 2 aromatic heterocycles. The number of nitrogens with zero attached hydrogens (tertiary/aromatic N) is 3. The third-order valence-corrected chi connectivity index (χ3v) is 2.76. The number of aromatic nitrogens is 3. The minimum absolute atomic E-state index is 0.633. The molecule has 1 aliphatic carbocycles. The molecule has 88 valence electrons. The SMILES string of the molecule is c1cc(-c2noc(CCNC3CC3)n2)ccn1. The van der Waals surface area contributed by atoms with E-state index in [1.807, 2.05) is 12.1 Å². The molecule has 1 fully saturated rings. The summed E-state index contributed by atoms with van der Waals surface area (Å²) in [5, 5.41) is 7.37. The maximum atomic E-state index is 5.20. The number of rotatable bonds is 5. The molecule has 1 N–H and O–H groups in total.